The summed E-state index contributed by atoms with van der Waals surface area (Å²) in [6.07, 6.45) is 0. The molecule has 1 aromatic carbocycles. The highest BCUT2D eigenvalue weighted by molar-refractivity contribution is 7.08. The SMILES string of the molecule is Cl.N[C@H](c1ccsc1)c1cc(F)ccc1Cl. The summed E-state index contributed by atoms with van der Waals surface area (Å²) in [6.45, 7) is 0. The summed E-state index contributed by atoms with van der Waals surface area (Å²) in [5, 5.41) is 4.36. The molecule has 0 radical (unpaired) electrons. The molecule has 0 aliphatic rings. The molecule has 16 heavy (non-hydrogen) atoms. The van der Waals surface area contributed by atoms with E-state index >= 15 is 0 Å². The Kier molecular flexibility index (Phi) is 4.74. The summed E-state index contributed by atoms with van der Waals surface area (Å²) in [7, 11) is 0. The summed E-state index contributed by atoms with van der Waals surface area (Å²) in [4.78, 5) is 0. The Hall–Kier alpha value is -0.610. The first-order valence-corrected chi connectivity index (χ1v) is 5.73. The highest BCUT2D eigenvalue weighted by Gasteiger charge is 2.13. The van der Waals surface area contributed by atoms with Crippen molar-refractivity contribution in [2.24, 2.45) is 5.73 Å². The minimum Gasteiger partial charge on any atom is -0.320 e. The van der Waals surface area contributed by atoms with Crippen LogP contribution in [0, 0.1) is 5.82 Å². The van der Waals surface area contributed by atoms with E-state index in [9.17, 15) is 4.39 Å². The Balaban J connectivity index is 0.00000128. The van der Waals surface area contributed by atoms with Crippen LogP contribution in [-0.2, 0) is 0 Å². The Morgan fingerprint density at radius 2 is 2.06 bits per heavy atom. The minimum absolute atomic E-state index is 0. The third-order valence-electron chi connectivity index (χ3n) is 2.20. The molecule has 0 aliphatic heterocycles. The number of benzene rings is 1. The standard InChI is InChI=1S/C11H9ClFNS.ClH/c12-10-2-1-8(13)5-9(10)11(14)7-3-4-15-6-7;/h1-6,11H,14H2;1H/t11-;/m1./s1. The van der Waals surface area contributed by atoms with Gasteiger partial charge in [0.1, 0.15) is 5.82 Å². The highest BCUT2D eigenvalue weighted by atomic mass is 35.5. The number of nitrogens with two attached hydrogens (primary N) is 1. The topological polar surface area (TPSA) is 26.0 Å². The molecule has 0 saturated heterocycles. The van der Waals surface area contributed by atoms with Crippen LogP contribution in [0.3, 0.4) is 0 Å². The van der Waals surface area contributed by atoms with Gasteiger partial charge >= 0.3 is 0 Å². The van der Waals surface area contributed by atoms with E-state index in [0.29, 0.717) is 10.6 Å². The molecule has 1 heterocycles. The van der Waals surface area contributed by atoms with Gasteiger partial charge in [-0.3, -0.25) is 0 Å². The van der Waals surface area contributed by atoms with Crippen LogP contribution < -0.4 is 5.73 Å². The van der Waals surface area contributed by atoms with Crippen molar-refractivity contribution >= 4 is 35.3 Å². The average Bonchev–Trinajstić information content (AvgIpc) is 2.74. The molecule has 2 aromatic rings. The quantitative estimate of drug-likeness (QED) is 0.882. The van der Waals surface area contributed by atoms with Crippen LogP contribution in [0.2, 0.25) is 5.02 Å². The maximum absolute atomic E-state index is 13.0. The first-order chi connectivity index (χ1) is 7.18. The first-order valence-electron chi connectivity index (χ1n) is 4.41. The first kappa shape index (κ1) is 13.5. The molecular formula is C11H10Cl2FNS. The van der Waals surface area contributed by atoms with E-state index in [2.05, 4.69) is 0 Å². The van der Waals surface area contributed by atoms with Gasteiger partial charge in [-0.25, -0.2) is 4.39 Å². The van der Waals surface area contributed by atoms with E-state index in [1.54, 1.807) is 11.3 Å². The predicted molar refractivity (Wildman–Crippen MR) is 69.0 cm³/mol. The Labute approximate surface area is 108 Å². The van der Waals surface area contributed by atoms with Crippen molar-refractivity contribution < 1.29 is 4.39 Å². The molecule has 0 bridgehead atoms. The number of hydrogen-bond acceptors (Lipinski definition) is 2. The molecule has 1 atom stereocenters. The van der Waals surface area contributed by atoms with Crippen LogP contribution in [-0.4, -0.2) is 0 Å². The third kappa shape index (κ3) is 2.74. The number of halogens is 3. The lowest BCUT2D eigenvalue weighted by molar-refractivity contribution is 0.623. The van der Waals surface area contributed by atoms with Gasteiger partial charge in [-0.1, -0.05) is 11.6 Å². The number of hydrogen-bond donors (Lipinski definition) is 1. The molecule has 2 N–H and O–H groups in total. The maximum Gasteiger partial charge on any atom is 0.123 e. The lowest BCUT2D eigenvalue weighted by Crippen LogP contribution is -2.11. The van der Waals surface area contributed by atoms with E-state index in [4.69, 9.17) is 17.3 Å². The molecule has 0 spiro atoms. The monoisotopic (exact) mass is 277 g/mol. The fourth-order valence-electron chi connectivity index (χ4n) is 1.38. The van der Waals surface area contributed by atoms with Gasteiger partial charge in [0.2, 0.25) is 0 Å². The van der Waals surface area contributed by atoms with Gasteiger partial charge in [-0.2, -0.15) is 11.3 Å². The summed E-state index contributed by atoms with van der Waals surface area (Å²) in [6, 6.07) is 5.78. The van der Waals surface area contributed by atoms with Crippen LogP contribution in [0.15, 0.2) is 35.0 Å². The van der Waals surface area contributed by atoms with E-state index in [1.807, 2.05) is 16.8 Å². The zero-order valence-corrected chi connectivity index (χ0v) is 10.6. The van der Waals surface area contributed by atoms with Gasteiger partial charge in [0.25, 0.3) is 0 Å². The average molecular weight is 278 g/mol. The molecule has 2 rings (SSSR count). The fraction of sp³-hybridized carbons (Fsp3) is 0.0909. The van der Waals surface area contributed by atoms with Crippen LogP contribution in [0.1, 0.15) is 17.2 Å². The van der Waals surface area contributed by atoms with Crippen LogP contribution in [0.4, 0.5) is 4.39 Å². The molecular weight excluding hydrogens is 268 g/mol. The summed E-state index contributed by atoms with van der Waals surface area (Å²) < 4.78 is 13.0. The summed E-state index contributed by atoms with van der Waals surface area (Å²) in [5.41, 5.74) is 7.56. The van der Waals surface area contributed by atoms with Gasteiger partial charge in [0.05, 0.1) is 6.04 Å². The summed E-state index contributed by atoms with van der Waals surface area (Å²) in [5.74, 6) is -0.319. The van der Waals surface area contributed by atoms with Gasteiger partial charge in [0.15, 0.2) is 0 Å². The Morgan fingerprint density at radius 1 is 1.31 bits per heavy atom. The van der Waals surface area contributed by atoms with Crippen molar-refractivity contribution in [3.05, 3.63) is 57.0 Å². The van der Waals surface area contributed by atoms with E-state index in [0.717, 1.165) is 5.56 Å². The number of rotatable bonds is 2. The summed E-state index contributed by atoms with van der Waals surface area (Å²) >= 11 is 7.52. The molecule has 86 valence electrons. The molecule has 5 heteroatoms. The van der Waals surface area contributed by atoms with E-state index in [-0.39, 0.29) is 24.3 Å². The smallest absolute Gasteiger partial charge is 0.123 e. The van der Waals surface area contributed by atoms with Crippen molar-refractivity contribution in [1.82, 2.24) is 0 Å². The van der Waals surface area contributed by atoms with Crippen LogP contribution >= 0.6 is 35.3 Å². The lowest BCUT2D eigenvalue weighted by Gasteiger charge is -2.12. The molecule has 0 unspecified atom stereocenters. The molecule has 1 nitrogen and oxygen atoms in total. The second kappa shape index (κ2) is 5.64. The van der Waals surface area contributed by atoms with Gasteiger partial charge in [-0.15, -0.1) is 12.4 Å². The molecule has 0 saturated carbocycles. The van der Waals surface area contributed by atoms with E-state index in [1.165, 1.54) is 18.2 Å². The van der Waals surface area contributed by atoms with Crippen molar-refractivity contribution in [2.75, 3.05) is 0 Å². The lowest BCUT2D eigenvalue weighted by atomic mass is 10.0. The van der Waals surface area contributed by atoms with Gasteiger partial charge < -0.3 is 5.73 Å². The minimum atomic E-state index is -0.362. The second-order valence-corrected chi connectivity index (χ2v) is 4.39. The van der Waals surface area contributed by atoms with Crippen LogP contribution in [0.25, 0.3) is 0 Å². The molecule has 0 aliphatic carbocycles. The fourth-order valence-corrected chi connectivity index (χ4v) is 2.32. The van der Waals surface area contributed by atoms with Gasteiger partial charge in [-0.05, 0) is 46.2 Å². The van der Waals surface area contributed by atoms with Gasteiger partial charge in [0, 0.05) is 5.02 Å². The third-order valence-corrected chi connectivity index (χ3v) is 3.24. The van der Waals surface area contributed by atoms with Crippen molar-refractivity contribution in [1.29, 1.82) is 0 Å². The largest absolute Gasteiger partial charge is 0.320 e. The normalized spacial score (nSPS) is 11.9. The van der Waals surface area contributed by atoms with Crippen molar-refractivity contribution in [3.63, 3.8) is 0 Å². The predicted octanol–water partition coefficient (Wildman–Crippen LogP) is 4.01. The maximum atomic E-state index is 13.0. The molecule has 0 amide bonds. The van der Waals surface area contributed by atoms with Crippen molar-refractivity contribution in [3.8, 4) is 0 Å². The Bertz CT molecular complexity index is 459. The zero-order valence-electron chi connectivity index (χ0n) is 8.19. The second-order valence-electron chi connectivity index (χ2n) is 3.20. The van der Waals surface area contributed by atoms with E-state index < -0.39 is 0 Å². The number of thiophene rings is 1. The highest BCUT2D eigenvalue weighted by Crippen LogP contribution is 2.28. The zero-order chi connectivity index (χ0) is 10.8. The van der Waals surface area contributed by atoms with Crippen LogP contribution in [0.5, 0.6) is 0 Å². The molecule has 0 fully saturated rings. The van der Waals surface area contributed by atoms with Crippen molar-refractivity contribution in [2.45, 2.75) is 6.04 Å². The Morgan fingerprint density at radius 3 is 2.69 bits per heavy atom. The molecule has 1 aromatic heterocycles.